The van der Waals surface area contributed by atoms with E-state index >= 15 is 0 Å². The molecule has 6 nitrogen and oxygen atoms in total. The maximum absolute atomic E-state index is 11.6. The van der Waals surface area contributed by atoms with Gasteiger partial charge in [0.15, 0.2) is 0 Å². The molecule has 2 aliphatic heterocycles. The number of imide groups is 1. The summed E-state index contributed by atoms with van der Waals surface area (Å²) in [6.07, 6.45) is 2.45. The number of carbonyl (C=O) groups excluding carboxylic acids is 2. The summed E-state index contributed by atoms with van der Waals surface area (Å²) in [4.78, 5) is 24.7. The van der Waals surface area contributed by atoms with Gasteiger partial charge in [-0.1, -0.05) is 0 Å². The number of hydrogen-bond acceptors (Lipinski definition) is 5. The fourth-order valence-electron chi connectivity index (χ4n) is 2.53. The minimum atomic E-state index is -0.406. The third-order valence-corrected chi connectivity index (χ3v) is 3.39. The second-order valence-electron chi connectivity index (χ2n) is 4.64. The highest BCUT2D eigenvalue weighted by atomic mass is 16.3. The zero-order chi connectivity index (χ0) is 12.3. The molecule has 96 valence electrons. The highest BCUT2D eigenvalue weighted by Gasteiger charge is 2.36. The van der Waals surface area contributed by atoms with Crippen LogP contribution in [-0.2, 0) is 9.59 Å². The third-order valence-electron chi connectivity index (χ3n) is 3.39. The summed E-state index contributed by atoms with van der Waals surface area (Å²) >= 11 is 0. The molecule has 2 amide bonds. The maximum Gasteiger partial charge on any atom is 0.244 e. The molecule has 2 rings (SSSR count). The predicted molar refractivity (Wildman–Crippen MR) is 61.2 cm³/mol. The summed E-state index contributed by atoms with van der Waals surface area (Å²) in [6.45, 7) is 2.16. The zero-order valence-electron chi connectivity index (χ0n) is 9.82. The van der Waals surface area contributed by atoms with Gasteiger partial charge in [0, 0.05) is 19.1 Å². The first-order chi connectivity index (χ1) is 8.20. The largest absolute Gasteiger partial charge is 0.395 e. The van der Waals surface area contributed by atoms with Crippen molar-refractivity contribution in [3.63, 3.8) is 0 Å². The second-order valence-corrected chi connectivity index (χ2v) is 4.64. The highest BCUT2D eigenvalue weighted by molar-refractivity contribution is 6.05. The van der Waals surface area contributed by atoms with Crippen LogP contribution in [0.2, 0.25) is 0 Å². The molecule has 2 heterocycles. The molecule has 0 aliphatic carbocycles. The molecule has 2 unspecified atom stereocenters. The van der Waals surface area contributed by atoms with Crippen molar-refractivity contribution in [1.29, 1.82) is 0 Å². The van der Waals surface area contributed by atoms with Crippen LogP contribution in [0, 0.1) is 0 Å². The van der Waals surface area contributed by atoms with E-state index in [0.717, 1.165) is 19.4 Å². The average Bonchev–Trinajstić information content (AvgIpc) is 2.88. The summed E-state index contributed by atoms with van der Waals surface area (Å²) in [5, 5.41) is 14.7. The standard InChI is InChI=1S/C11H19N3O3/c15-5-4-14(7-8-2-1-3-12-8)9-6-10(16)13-11(9)17/h8-9,12,15H,1-7H2,(H,13,16,17). The minimum absolute atomic E-state index is 0.00465. The van der Waals surface area contributed by atoms with Gasteiger partial charge >= 0.3 is 0 Å². The number of amides is 2. The lowest BCUT2D eigenvalue weighted by Crippen LogP contribution is -2.47. The molecule has 0 radical (unpaired) electrons. The third kappa shape index (κ3) is 3.02. The van der Waals surface area contributed by atoms with Crippen molar-refractivity contribution in [2.75, 3.05) is 26.2 Å². The Kier molecular flexibility index (Phi) is 4.09. The van der Waals surface area contributed by atoms with Gasteiger partial charge in [0.1, 0.15) is 0 Å². The molecule has 3 N–H and O–H groups in total. The molecule has 6 heteroatoms. The predicted octanol–water partition coefficient (Wildman–Crippen LogP) is -1.55. The number of aliphatic hydroxyl groups excluding tert-OH is 1. The van der Waals surface area contributed by atoms with Crippen molar-refractivity contribution in [3.05, 3.63) is 0 Å². The van der Waals surface area contributed by atoms with E-state index in [1.807, 2.05) is 4.90 Å². The van der Waals surface area contributed by atoms with Crippen LogP contribution in [0.1, 0.15) is 19.3 Å². The monoisotopic (exact) mass is 241 g/mol. The van der Waals surface area contributed by atoms with Gasteiger partial charge in [-0.15, -0.1) is 0 Å². The fraction of sp³-hybridized carbons (Fsp3) is 0.818. The van der Waals surface area contributed by atoms with Gasteiger partial charge in [0.2, 0.25) is 11.8 Å². The first-order valence-electron chi connectivity index (χ1n) is 6.12. The van der Waals surface area contributed by atoms with E-state index in [1.165, 1.54) is 0 Å². The van der Waals surface area contributed by atoms with Crippen molar-refractivity contribution in [1.82, 2.24) is 15.5 Å². The van der Waals surface area contributed by atoms with Crippen molar-refractivity contribution in [2.45, 2.75) is 31.3 Å². The number of hydrogen-bond donors (Lipinski definition) is 3. The van der Waals surface area contributed by atoms with Gasteiger partial charge in [0.05, 0.1) is 19.1 Å². The Balaban J connectivity index is 1.95. The maximum atomic E-state index is 11.6. The van der Waals surface area contributed by atoms with Gasteiger partial charge in [-0.05, 0) is 19.4 Å². The van der Waals surface area contributed by atoms with Crippen molar-refractivity contribution in [2.24, 2.45) is 0 Å². The molecule has 0 aromatic rings. The second kappa shape index (κ2) is 5.57. The van der Waals surface area contributed by atoms with Crippen LogP contribution in [0.3, 0.4) is 0 Å². The molecular formula is C11H19N3O3. The van der Waals surface area contributed by atoms with Crippen LogP contribution in [0.15, 0.2) is 0 Å². The lowest BCUT2D eigenvalue weighted by molar-refractivity contribution is -0.126. The quantitative estimate of drug-likeness (QED) is 0.508. The van der Waals surface area contributed by atoms with E-state index < -0.39 is 6.04 Å². The first-order valence-corrected chi connectivity index (χ1v) is 6.12. The lowest BCUT2D eigenvalue weighted by atomic mass is 10.1. The number of aliphatic hydroxyl groups is 1. The Hall–Kier alpha value is -0.980. The highest BCUT2D eigenvalue weighted by Crippen LogP contribution is 2.14. The van der Waals surface area contributed by atoms with Crippen LogP contribution in [0.25, 0.3) is 0 Å². The first kappa shape index (κ1) is 12.5. The van der Waals surface area contributed by atoms with Gasteiger partial charge < -0.3 is 10.4 Å². The van der Waals surface area contributed by atoms with Gasteiger partial charge in [-0.2, -0.15) is 0 Å². The Morgan fingerprint density at radius 3 is 2.76 bits per heavy atom. The number of carbonyl (C=O) groups is 2. The van der Waals surface area contributed by atoms with Crippen molar-refractivity contribution < 1.29 is 14.7 Å². The summed E-state index contributed by atoms with van der Waals surface area (Å²) < 4.78 is 0. The molecule has 0 aromatic carbocycles. The van der Waals surface area contributed by atoms with E-state index in [4.69, 9.17) is 5.11 Å². The van der Waals surface area contributed by atoms with E-state index in [9.17, 15) is 9.59 Å². The summed E-state index contributed by atoms with van der Waals surface area (Å²) in [6, 6.07) is -0.0397. The molecule has 0 saturated carbocycles. The summed E-state index contributed by atoms with van der Waals surface area (Å²) in [5.41, 5.74) is 0. The van der Waals surface area contributed by atoms with Gasteiger partial charge in [-0.3, -0.25) is 19.8 Å². The van der Waals surface area contributed by atoms with Crippen LogP contribution >= 0.6 is 0 Å². The van der Waals surface area contributed by atoms with Crippen molar-refractivity contribution >= 4 is 11.8 Å². The zero-order valence-corrected chi connectivity index (χ0v) is 9.82. The Labute approximate surface area is 100 Å². The molecule has 0 spiro atoms. The smallest absolute Gasteiger partial charge is 0.244 e. The summed E-state index contributed by atoms with van der Waals surface area (Å²) in [7, 11) is 0. The molecule has 0 bridgehead atoms. The normalized spacial score (nSPS) is 29.1. The van der Waals surface area contributed by atoms with E-state index in [-0.39, 0.29) is 24.8 Å². The van der Waals surface area contributed by atoms with Crippen molar-refractivity contribution in [3.8, 4) is 0 Å². The lowest BCUT2D eigenvalue weighted by Gasteiger charge is -2.28. The Bertz CT molecular complexity index is 302. The molecule has 2 aliphatic rings. The van der Waals surface area contributed by atoms with E-state index in [1.54, 1.807) is 0 Å². The molecular weight excluding hydrogens is 222 g/mol. The fourth-order valence-corrected chi connectivity index (χ4v) is 2.53. The van der Waals surface area contributed by atoms with E-state index in [2.05, 4.69) is 10.6 Å². The van der Waals surface area contributed by atoms with Gasteiger partial charge in [-0.25, -0.2) is 0 Å². The minimum Gasteiger partial charge on any atom is -0.395 e. The van der Waals surface area contributed by atoms with E-state index in [0.29, 0.717) is 19.1 Å². The molecule has 0 aromatic heterocycles. The number of nitrogens with one attached hydrogen (secondary N) is 2. The van der Waals surface area contributed by atoms with Gasteiger partial charge in [0.25, 0.3) is 0 Å². The average molecular weight is 241 g/mol. The topological polar surface area (TPSA) is 81.7 Å². The Morgan fingerprint density at radius 2 is 2.24 bits per heavy atom. The molecule has 17 heavy (non-hydrogen) atoms. The van der Waals surface area contributed by atoms with Crippen LogP contribution in [0.5, 0.6) is 0 Å². The Morgan fingerprint density at radius 1 is 1.41 bits per heavy atom. The molecule has 2 saturated heterocycles. The molecule has 2 fully saturated rings. The van der Waals surface area contributed by atoms with Crippen LogP contribution in [-0.4, -0.2) is 60.1 Å². The van der Waals surface area contributed by atoms with Crippen LogP contribution < -0.4 is 10.6 Å². The number of rotatable bonds is 5. The summed E-state index contributed by atoms with van der Waals surface area (Å²) in [5.74, 6) is -0.455. The van der Waals surface area contributed by atoms with Crippen LogP contribution in [0.4, 0.5) is 0 Å². The number of nitrogens with zero attached hydrogens (tertiary/aromatic N) is 1. The SMILES string of the molecule is O=C1CC(N(CCO)CC2CCCN2)C(=O)N1. The molecule has 2 atom stereocenters.